The fourth-order valence-corrected chi connectivity index (χ4v) is 3.04. The van der Waals surface area contributed by atoms with Crippen molar-refractivity contribution < 1.29 is 14.3 Å². The van der Waals surface area contributed by atoms with E-state index in [1.807, 2.05) is 0 Å². The highest BCUT2D eigenvalue weighted by Gasteiger charge is 2.43. The van der Waals surface area contributed by atoms with E-state index in [0.717, 1.165) is 38.9 Å². The van der Waals surface area contributed by atoms with Crippen molar-refractivity contribution in [3.05, 3.63) is 24.0 Å². The molecule has 2 unspecified atom stereocenters. The maximum absolute atomic E-state index is 11.7. The van der Waals surface area contributed by atoms with Crippen molar-refractivity contribution in [2.75, 3.05) is 26.7 Å². The molecule has 102 valence electrons. The number of fused-ring (bicyclic) bond motifs is 2. The molecule has 0 aromatic carbocycles. The van der Waals surface area contributed by atoms with E-state index in [2.05, 4.69) is 9.88 Å². The third kappa shape index (κ3) is 2.30. The van der Waals surface area contributed by atoms with Crippen LogP contribution in [0.2, 0.25) is 0 Å². The third-order valence-electron chi connectivity index (χ3n) is 3.98. The molecule has 2 bridgehead atoms. The molecule has 0 saturated carbocycles. The SMILES string of the molecule is COC(=O)c1ncccc1OC12CCCN(CC1)C2. The lowest BCUT2D eigenvalue weighted by atomic mass is 9.94. The van der Waals surface area contributed by atoms with E-state index >= 15 is 0 Å². The molecule has 2 aliphatic heterocycles. The molecule has 0 N–H and O–H groups in total. The molecule has 2 saturated heterocycles. The van der Waals surface area contributed by atoms with Gasteiger partial charge < -0.3 is 9.47 Å². The highest BCUT2D eigenvalue weighted by Crippen LogP contribution is 2.36. The van der Waals surface area contributed by atoms with Crippen LogP contribution in [0.5, 0.6) is 5.75 Å². The van der Waals surface area contributed by atoms with Gasteiger partial charge in [-0.2, -0.15) is 0 Å². The third-order valence-corrected chi connectivity index (χ3v) is 3.98. The topological polar surface area (TPSA) is 51.7 Å². The van der Waals surface area contributed by atoms with Gasteiger partial charge in [-0.15, -0.1) is 0 Å². The first kappa shape index (κ1) is 12.4. The van der Waals surface area contributed by atoms with Crippen molar-refractivity contribution in [1.29, 1.82) is 0 Å². The highest BCUT2D eigenvalue weighted by atomic mass is 16.5. The number of carbonyl (C=O) groups excluding carboxylic acids is 1. The minimum absolute atomic E-state index is 0.149. The molecular formula is C14H18N2O3. The number of aromatic nitrogens is 1. The fraction of sp³-hybridized carbons (Fsp3) is 0.571. The summed E-state index contributed by atoms with van der Waals surface area (Å²) in [5, 5.41) is 0. The molecule has 5 nitrogen and oxygen atoms in total. The van der Waals surface area contributed by atoms with E-state index in [0.29, 0.717) is 5.75 Å². The maximum atomic E-state index is 11.7. The van der Waals surface area contributed by atoms with Gasteiger partial charge in [0.15, 0.2) is 11.4 Å². The average Bonchev–Trinajstić information content (AvgIpc) is 2.73. The summed E-state index contributed by atoms with van der Waals surface area (Å²) in [5.41, 5.74) is 0.118. The molecule has 0 radical (unpaired) electrons. The van der Waals surface area contributed by atoms with Crippen LogP contribution >= 0.6 is 0 Å². The minimum Gasteiger partial charge on any atom is -0.483 e. The monoisotopic (exact) mass is 262 g/mol. The number of piperidine rings is 1. The molecule has 19 heavy (non-hydrogen) atoms. The highest BCUT2D eigenvalue weighted by molar-refractivity contribution is 5.90. The molecule has 2 atom stereocenters. The van der Waals surface area contributed by atoms with Crippen molar-refractivity contribution in [1.82, 2.24) is 9.88 Å². The summed E-state index contributed by atoms with van der Waals surface area (Å²) in [6.07, 6.45) is 4.79. The van der Waals surface area contributed by atoms with E-state index < -0.39 is 5.97 Å². The van der Waals surface area contributed by atoms with E-state index in [4.69, 9.17) is 9.47 Å². The van der Waals surface area contributed by atoms with E-state index in [1.54, 1.807) is 18.3 Å². The zero-order valence-electron chi connectivity index (χ0n) is 11.1. The Morgan fingerprint density at radius 2 is 2.32 bits per heavy atom. The summed E-state index contributed by atoms with van der Waals surface area (Å²) in [4.78, 5) is 18.2. The van der Waals surface area contributed by atoms with Gasteiger partial charge in [-0.25, -0.2) is 9.78 Å². The standard InChI is InChI=1S/C14H18N2O3/c1-18-13(17)12-11(4-2-7-15-12)19-14-5-3-8-16(10-14)9-6-14/h2,4,7H,3,5-6,8-10H2,1H3. The summed E-state index contributed by atoms with van der Waals surface area (Å²) >= 11 is 0. The molecule has 3 heterocycles. The van der Waals surface area contributed by atoms with E-state index in [1.165, 1.54) is 7.11 Å². The second-order valence-corrected chi connectivity index (χ2v) is 5.26. The molecule has 1 aromatic rings. The zero-order chi connectivity index (χ0) is 13.3. The number of ether oxygens (including phenoxy) is 2. The molecule has 2 aliphatic rings. The quantitative estimate of drug-likeness (QED) is 0.772. The van der Waals surface area contributed by atoms with Crippen LogP contribution in [0.1, 0.15) is 29.8 Å². The molecule has 0 amide bonds. The van der Waals surface area contributed by atoms with Gasteiger partial charge in [0, 0.05) is 25.7 Å². The van der Waals surface area contributed by atoms with E-state index in [-0.39, 0.29) is 11.3 Å². The number of pyridine rings is 1. The van der Waals surface area contributed by atoms with Gasteiger partial charge in [-0.3, -0.25) is 4.90 Å². The molecule has 2 fully saturated rings. The Bertz CT molecular complexity index is 487. The van der Waals surface area contributed by atoms with Gasteiger partial charge in [0.25, 0.3) is 0 Å². The Morgan fingerprint density at radius 3 is 3.16 bits per heavy atom. The van der Waals surface area contributed by atoms with Gasteiger partial charge in [0.2, 0.25) is 0 Å². The first-order valence-corrected chi connectivity index (χ1v) is 6.67. The Balaban J connectivity index is 1.85. The number of carbonyl (C=O) groups is 1. The van der Waals surface area contributed by atoms with Gasteiger partial charge >= 0.3 is 5.97 Å². The fourth-order valence-electron chi connectivity index (χ4n) is 3.04. The zero-order valence-corrected chi connectivity index (χ0v) is 11.1. The predicted octanol–water partition coefficient (Wildman–Crippen LogP) is 1.49. The Kier molecular flexibility index (Phi) is 3.14. The maximum Gasteiger partial charge on any atom is 0.360 e. The molecule has 0 spiro atoms. The normalized spacial score (nSPS) is 29.0. The lowest BCUT2D eigenvalue weighted by Crippen LogP contribution is -2.43. The number of methoxy groups -OCH3 is 1. The predicted molar refractivity (Wildman–Crippen MR) is 69.2 cm³/mol. The summed E-state index contributed by atoms with van der Waals surface area (Å²) in [6.45, 7) is 3.18. The first-order chi connectivity index (χ1) is 9.22. The number of esters is 1. The lowest BCUT2D eigenvalue weighted by molar-refractivity contribution is 0.0402. The van der Waals surface area contributed by atoms with Crippen LogP contribution in [-0.4, -0.2) is 48.2 Å². The van der Waals surface area contributed by atoms with Crippen LogP contribution in [0.25, 0.3) is 0 Å². The first-order valence-electron chi connectivity index (χ1n) is 6.67. The number of rotatable bonds is 3. The minimum atomic E-state index is -0.447. The number of nitrogens with zero attached hydrogens (tertiary/aromatic N) is 2. The van der Waals surface area contributed by atoms with Crippen LogP contribution in [0.15, 0.2) is 18.3 Å². The lowest BCUT2D eigenvalue weighted by Gasteiger charge is -2.34. The molecule has 3 rings (SSSR count). The Morgan fingerprint density at radius 1 is 1.42 bits per heavy atom. The molecule has 1 aromatic heterocycles. The van der Waals surface area contributed by atoms with Gasteiger partial charge in [0.1, 0.15) is 5.60 Å². The Hall–Kier alpha value is -1.62. The van der Waals surface area contributed by atoms with E-state index in [9.17, 15) is 4.79 Å². The molecule has 0 aliphatic carbocycles. The van der Waals surface area contributed by atoms with Crippen LogP contribution in [-0.2, 0) is 4.74 Å². The van der Waals surface area contributed by atoms with Gasteiger partial charge in [-0.05, 0) is 31.5 Å². The van der Waals surface area contributed by atoms with Crippen molar-refractivity contribution in [3.8, 4) is 5.75 Å². The summed E-state index contributed by atoms with van der Waals surface area (Å²) in [6, 6.07) is 3.58. The number of hydrogen-bond acceptors (Lipinski definition) is 5. The van der Waals surface area contributed by atoms with Crippen molar-refractivity contribution >= 4 is 5.97 Å². The summed E-state index contributed by atoms with van der Waals surface area (Å²) in [7, 11) is 1.36. The van der Waals surface area contributed by atoms with Crippen LogP contribution in [0, 0.1) is 0 Å². The summed E-state index contributed by atoms with van der Waals surface area (Å²) < 4.78 is 10.9. The van der Waals surface area contributed by atoms with Crippen LogP contribution in [0.4, 0.5) is 0 Å². The number of hydrogen-bond donors (Lipinski definition) is 0. The summed E-state index contributed by atoms with van der Waals surface area (Å²) in [5.74, 6) is 0.0933. The Labute approximate surface area is 112 Å². The second kappa shape index (κ2) is 4.81. The molecular weight excluding hydrogens is 244 g/mol. The largest absolute Gasteiger partial charge is 0.483 e. The second-order valence-electron chi connectivity index (χ2n) is 5.26. The van der Waals surface area contributed by atoms with Crippen molar-refractivity contribution in [2.45, 2.75) is 24.9 Å². The van der Waals surface area contributed by atoms with Crippen LogP contribution < -0.4 is 4.74 Å². The van der Waals surface area contributed by atoms with Crippen LogP contribution in [0.3, 0.4) is 0 Å². The molecule has 5 heteroatoms. The van der Waals surface area contributed by atoms with Gasteiger partial charge in [-0.1, -0.05) is 0 Å². The average molecular weight is 262 g/mol. The van der Waals surface area contributed by atoms with Crippen molar-refractivity contribution in [2.24, 2.45) is 0 Å². The van der Waals surface area contributed by atoms with Gasteiger partial charge in [0.05, 0.1) is 7.11 Å². The van der Waals surface area contributed by atoms with Crippen molar-refractivity contribution in [3.63, 3.8) is 0 Å². The smallest absolute Gasteiger partial charge is 0.360 e.